The molecule has 0 saturated heterocycles. The Kier molecular flexibility index (Phi) is 3.31. The van der Waals surface area contributed by atoms with E-state index in [0.717, 1.165) is 12.1 Å². The standard InChI is InChI=1S/C9H9F3N2O/c1-13-8(14-15)6-3-2-4-7(5-6)9(10,11)12/h2-5,15H,1H3,(H,13,14). The summed E-state index contributed by atoms with van der Waals surface area (Å²) in [7, 11) is 1.36. The van der Waals surface area contributed by atoms with Gasteiger partial charge in [-0.2, -0.15) is 13.2 Å². The molecule has 0 saturated carbocycles. The highest BCUT2D eigenvalue weighted by atomic mass is 19.4. The fourth-order valence-electron chi connectivity index (χ4n) is 1.09. The summed E-state index contributed by atoms with van der Waals surface area (Å²) in [5.41, 5.74) is 1.12. The second kappa shape index (κ2) is 4.31. The molecule has 1 rings (SSSR count). The Morgan fingerprint density at radius 1 is 1.40 bits per heavy atom. The molecule has 0 aliphatic heterocycles. The van der Waals surface area contributed by atoms with Crippen molar-refractivity contribution in [1.29, 1.82) is 0 Å². The molecule has 0 heterocycles. The van der Waals surface area contributed by atoms with Crippen molar-refractivity contribution in [3.63, 3.8) is 0 Å². The second-order valence-electron chi connectivity index (χ2n) is 2.76. The molecule has 82 valence electrons. The molecular weight excluding hydrogens is 209 g/mol. The van der Waals surface area contributed by atoms with Crippen molar-refractivity contribution >= 4 is 5.84 Å². The second-order valence-corrected chi connectivity index (χ2v) is 2.76. The summed E-state index contributed by atoms with van der Waals surface area (Å²) in [6.07, 6.45) is -4.40. The summed E-state index contributed by atoms with van der Waals surface area (Å²) in [6.45, 7) is 0. The Labute approximate surface area is 84.2 Å². The van der Waals surface area contributed by atoms with Gasteiger partial charge in [-0.3, -0.25) is 15.7 Å². The van der Waals surface area contributed by atoms with Crippen LogP contribution in [0.1, 0.15) is 11.1 Å². The van der Waals surface area contributed by atoms with Gasteiger partial charge in [0.25, 0.3) is 0 Å². The largest absolute Gasteiger partial charge is 0.416 e. The minimum atomic E-state index is -4.40. The number of hydrogen-bond donors (Lipinski definition) is 2. The van der Waals surface area contributed by atoms with Gasteiger partial charge in [0.15, 0.2) is 5.84 Å². The number of nitrogens with zero attached hydrogens (tertiary/aromatic N) is 1. The van der Waals surface area contributed by atoms with Gasteiger partial charge in [0.05, 0.1) is 5.56 Å². The van der Waals surface area contributed by atoms with Gasteiger partial charge in [0.1, 0.15) is 0 Å². The molecule has 6 heteroatoms. The first-order valence-corrected chi connectivity index (χ1v) is 4.03. The van der Waals surface area contributed by atoms with E-state index in [1.165, 1.54) is 19.2 Å². The molecule has 0 aromatic heterocycles. The first kappa shape index (κ1) is 11.5. The van der Waals surface area contributed by atoms with Crippen LogP contribution in [-0.2, 0) is 6.18 Å². The van der Waals surface area contributed by atoms with Crippen LogP contribution in [0.2, 0.25) is 0 Å². The van der Waals surface area contributed by atoms with Gasteiger partial charge in [0.2, 0.25) is 0 Å². The van der Waals surface area contributed by atoms with Crippen molar-refractivity contribution in [2.75, 3.05) is 7.05 Å². The third-order valence-corrected chi connectivity index (χ3v) is 1.79. The highest BCUT2D eigenvalue weighted by Crippen LogP contribution is 2.29. The Balaban J connectivity index is 3.14. The third-order valence-electron chi connectivity index (χ3n) is 1.79. The summed E-state index contributed by atoms with van der Waals surface area (Å²) < 4.78 is 36.9. The fourth-order valence-corrected chi connectivity index (χ4v) is 1.09. The van der Waals surface area contributed by atoms with E-state index in [4.69, 9.17) is 5.21 Å². The maximum absolute atomic E-state index is 12.3. The van der Waals surface area contributed by atoms with Gasteiger partial charge >= 0.3 is 6.18 Å². The van der Waals surface area contributed by atoms with E-state index in [9.17, 15) is 13.2 Å². The number of hydrogen-bond acceptors (Lipinski definition) is 2. The first-order valence-electron chi connectivity index (χ1n) is 4.03. The van der Waals surface area contributed by atoms with Gasteiger partial charge in [-0.05, 0) is 12.1 Å². The molecule has 0 unspecified atom stereocenters. The third kappa shape index (κ3) is 2.69. The lowest BCUT2D eigenvalue weighted by Crippen LogP contribution is -2.20. The molecule has 3 nitrogen and oxygen atoms in total. The molecule has 0 bridgehead atoms. The quantitative estimate of drug-likeness (QED) is 0.430. The number of aliphatic imine (C=N–C) groups is 1. The van der Waals surface area contributed by atoms with E-state index in [1.807, 2.05) is 0 Å². The van der Waals surface area contributed by atoms with Gasteiger partial charge in [0, 0.05) is 12.6 Å². The zero-order valence-electron chi connectivity index (χ0n) is 7.84. The van der Waals surface area contributed by atoms with Crippen molar-refractivity contribution < 1.29 is 18.4 Å². The van der Waals surface area contributed by atoms with Crippen LogP contribution in [0, 0.1) is 0 Å². The Bertz CT molecular complexity index is 374. The fraction of sp³-hybridized carbons (Fsp3) is 0.222. The van der Waals surface area contributed by atoms with E-state index in [2.05, 4.69) is 4.99 Å². The molecule has 0 aliphatic rings. The van der Waals surface area contributed by atoms with E-state index >= 15 is 0 Å². The number of amidine groups is 1. The minimum absolute atomic E-state index is 0.0129. The molecular formula is C9H9F3N2O. The van der Waals surface area contributed by atoms with Crippen molar-refractivity contribution in [1.82, 2.24) is 5.48 Å². The monoisotopic (exact) mass is 218 g/mol. The van der Waals surface area contributed by atoms with Crippen LogP contribution >= 0.6 is 0 Å². The summed E-state index contributed by atoms with van der Waals surface area (Å²) in [4.78, 5) is 3.59. The molecule has 0 atom stereocenters. The molecule has 1 aromatic carbocycles. The molecule has 0 spiro atoms. The Morgan fingerprint density at radius 3 is 2.53 bits per heavy atom. The van der Waals surface area contributed by atoms with Crippen LogP contribution < -0.4 is 5.48 Å². The summed E-state index contributed by atoms with van der Waals surface area (Å²) in [5.74, 6) is -0.0129. The van der Waals surface area contributed by atoms with Crippen LogP contribution in [0.15, 0.2) is 29.3 Å². The topological polar surface area (TPSA) is 44.6 Å². The molecule has 0 radical (unpaired) electrons. The van der Waals surface area contributed by atoms with Gasteiger partial charge in [-0.25, -0.2) is 0 Å². The summed E-state index contributed by atoms with van der Waals surface area (Å²) >= 11 is 0. The molecule has 0 amide bonds. The zero-order chi connectivity index (χ0) is 11.5. The van der Waals surface area contributed by atoms with E-state index in [1.54, 1.807) is 5.48 Å². The normalized spacial score (nSPS) is 12.7. The molecule has 1 aromatic rings. The Morgan fingerprint density at radius 2 is 2.07 bits per heavy atom. The molecule has 15 heavy (non-hydrogen) atoms. The summed E-state index contributed by atoms with van der Waals surface area (Å²) in [5, 5.41) is 8.61. The highest BCUT2D eigenvalue weighted by Gasteiger charge is 2.30. The number of halogens is 3. The number of benzene rings is 1. The zero-order valence-corrected chi connectivity index (χ0v) is 7.84. The molecule has 2 N–H and O–H groups in total. The lowest BCUT2D eigenvalue weighted by Gasteiger charge is -2.09. The van der Waals surface area contributed by atoms with E-state index < -0.39 is 11.7 Å². The van der Waals surface area contributed by atoms with Crippen molar-refractivity contribution in [2.45, 2.75) is 6.18 Å². The maximum atomic E-state index is 12.3. The first-order chi connectivity index (χ1) is 6.99. The average Bonchev–Trinajstić information content (AvgIpc) is 2.19. The molecule has 0 aliphatic carbocycles. The number of alkyl halides is 3. The average molecular weight is 218 g/mol. The van der Waals surface area contributed by atoms with E-state index in [-0.39, 0.29) is 11.4 Å². The van der Waals surface area contributed by atoms with Crippen molar-refractivity contribution in [2.24, 2.45) is 4.99 Å². The van der Waals surface area contributed by atoms with Crippen LogP contribution in [-0.4, -0.2) is 18.1 Å². The SMILES string of the molecule is CN=C(NO)c1cccc(C(F)(F)F)c1. The molecule has 0 fully saturated rings. The lowest BCUT2D eigenvalue weighted by atomic mass is 10.1. The van der Waals surface area contributed by atoms with Gasteiger partial charge < -0.3 is 0 Å². The highest BCUT2D eigenvalue weighted by molar-refractivity contribution is 5.98. The van der Waals surface area contributed by atoms with Gasteiger partial charge in [-0.1, -0.05) is 12.1 Å². The number of rotatable bonds is 1. The number of hydroxylamine groups is 1. The van der Waals surface area contributed by atoms with Crippen molar-refractivity contribution in [3.8, 4) is 0 Å². The smallest absolute Gasteiger partial charge is 0.290 e. The minimum Gasteiger partial charge on any atom is -0.290 e. The van der Waals surface area contributed by atoms with Crippen LogP contribution in [0.4, 0.5) is 13.2 Å². The lowest BCUT2D eigenvalue weighted by molar-refractivity contribution is -0.137. The number of nitrogens with one attached hydrogen (secondary N) is 1. The van der Waals surface area contributed by atoms with Crippen LogP contribution in [0.25, 0.3) is 0 Å². The maximum Gasteiger partial charge on any atom is 0.416 e. The van der Waals surface area contributed by atoms with Gasteiger partial charge in [-0.15, -0.1) is 0 Å². The van der Waals surface area contributed by atoms with Crippen molar-refractivity contribution in [3.05, 3.63) is 35.4 Å². The summed E-state index contributed by atoms with van der Waals surface area (Å²) in [6, 6.07) is 4.53. The predicted molar refractivity (Wildman–Crippen MR) is 48.8 cm³/mol. The van der Waals surface area contributed by atoms with E-state index in [0.29, 0.717) is 0 Å². The predicted octanol–water partition coefficient (Wildman–Crippen LogP) is 2.06. The van der Waals surface area contributed by atoms with Crippen LogP contribution in [0.3, 0.4) is 0 Å². The van der Waals surface area contributed by atoms with Crippen LogP contribution in [0.5, 0.6) is 0 Å². The Hall–Kier alpha value is -1.56.